The highest BCUT2D eigenvalue weighted by Crippen LogP contribution is 2.40. The molecule has 118 valence electrons. The summed E-state index contributed by atoms with van der Waals surface area (Å²) in [7, 11) is 0. The van der Waals surface area contributed by atoms with Crippen LogP contribution < -0.4 is 5.32 Å². The molecule has 0 unspecified atom stereocenters. The first-order valence-corrected chi connectivity index (χ1v) is 8.62. The van der Waals surface area contributed by atoms with Gasteiger partial charge < -0.3 is 0 Å². The highest BCUT2D eigenvalue weighted by atomic mass is 14.9. The smallest absolute Gasteiger partial charge is 0.142 e. The fourth-order valence-corrected chi connectivity index (χ4v) is 3.62. The molecule has 2 N–H and O–H groups in total. The molecule has 1 heterocycles. The van der Waals surface area contributed by atoms with Gasteiger partial charge in [-0.2, -0.15) is 0 Å². The van der Waals surface area contributed by atoms with Crippen molar-refractivity contribution in [1.82, 2.24) is 0 Å². The zero-order valence-electron chi connectivity index (χ0n) is 13.8. The van der Waals surface area contributed by atoms with E-state index in [4.69, 9.17) is 0 Å². The van der Waals surface area contributed by atoms with Gasteiger partial charge in [0.1, 0.15) is 11.4 Å². The normalized spacial score (nSPS) is 11.8. The fourth-order valence-electron chi connectivity index (χ4n) is 3.62. The van der Waals surface area contributed by atoms with Gasteiger partial charge in [0.05, 0.1) is 0 Å². The monoisotopic (exact) mass is 320 g/mol. The molecule has 0 aliphatic carbocycles. The average molecular weight is 320 g/mol. The number of hydrogen-bond donors (Lipinski definition) is 1. The van der Waals surface area contributed by atoms with Gasteiger partial charge in [-0.05, 0) is 46.5 Å². The minimum absolute atomic E-state index is 1.26. The molecule has 0 saturated heterocycles. The van der Waals surface area contributed by atoms with Crippen molar-refractivity contribution < 1.29 is 5.32 Å². The van der Waals surface area contributed by atoms with Crippen LogP contribution in [0.5, 0.6) is 0 Å². The van der Waals surface area contributed by atoms with Crippen molar-refractivity contribution in [2.24, 2.45) is 0 Å². The number of hydrogen-bond acceptors (Lipinski definition) is 0. The van der Waals surface area contributed by atoms with Gasteiger partial charge in [-0.15, -0.1) is 0 Å². The number of nitrogens with two attached hydrogens (primary N) is 1. The SMILES string of the molecule is c1ccc(-c2ccc3c(c2)-c2cc(-c4ccccc4)ccc2[NH2+]3)cc1. The van der Waals surface area contributed by atoms with Gasteiger partial charge in [0.25, 0.3) is 0 Å². The molecule has 1 aliphatic heterocycles. The third-order valence-corrected chi connectivity index (χ3v) is 4.92. The minimum Gasteiger partial charge on any atom is -0.281 e. The van der Waals surface area contributed by atoms with Crippen LogP contribution in [-0.4, -0.2) is 0 Å². The highest BCUT2D eigenvalue weighted by Gasteiger charge is 2.24. The summed E-state index contributed by atoms with van der Waals surface area (Å²) in [6, 6.07) is 34.7. The molecule has 1 aliphatic rings. The van der Waals surface area contributed by atoms with Crippen LogP contribution in [0, 0.1) is 0 Å². The predicted octanol–water partition coefficient (Wildman–Crippen LogP) is 5.53. The van der Waals surface area contributed by atoms with Crippen LogP contribution in [0.15, 0.2) is 97.1 Å². The van der Waals surface area contributed by atoms with Crippen molar-refractivity contribution in [2.45, 2.75) is 0 Å². The topological polar surface area (TPSA) is 16.6 Å². The van der Waals surface area contributed by atoms with Gasteiger partial charge >= 0.3 is 0 Å². The van der Waals surface area contributed by atoms with Crippen LogP contribution in [0.4, 0.5) is 11.4 Å². The highest BCUT2D eigenvalue weighted by molar-refractivity contribution is 5.90. The van der Waals surface area contributed by atoms with Crippen LogP contribution in [0.1, 0.15) is 0 Å². The molecule has 4 aromatic rings. The summed E-state index contributed by atoms with van der Waals surface area (Å²) in [5, 5.41) is 2.29. The number of benzene rings is 4. The Morgan fingerprint density at radius 2 is 0.840 bits per heavy atom. The van der Waals surface area contributed by atoms with Crippen LogP contribution in [0.2, 0.25) is 0 Å². The summed E-state index contributed by atoms with van der Waals surface area (Å²) < 4.78 is 0. The largest absolute Gasteiger partial charge is 0.281 e. The number of fused-ring (bicyclic) bond motifs is 3. The standard InChI is InChI=1S/C24H17N/c1-3-7-17(8-4-1)19-11-13-23-21(15-19)22-16-20(12-14-24(22)25-23)18-9-5-2-6-10-18/h1-16,25H/p+1. The molecule has 1 heteroatoms. The van der Waals surface area contributed by atoms with E-state index in [1.807, 2.05) is 0 Å². The molecule has 0 aromatic heterocycles. The van der Waals surface area contributed by atoms with Crippen molar-refractivity contribution in [3.05, 3.63) is 97.1 Å². The average Bonchev–Trinajstić information content (AvgIpc) is 3.06. The van der Waals surface area contributed by atoms with Gasteiger partial charge in [-0.1, -0.05) is 60.7 Å². The quantitative estimate of drug-likeness (QED) is 0.412. The Morgan fingerprint density at radius 3 is 1.28 bits per heavy atom. The first-order chi connectivity index (χ1) is 12.4. The Kier molecular flexibility index (Phi) is 3.26. The molecule has 0 radical (unpaired) electrons. The summed E-state index contributed by atoms with van der Waals surface area (Å²) in [5.74, 6) is 0. The third-order valence-electron chi connectivity index (χ3n) is 4.92. The summed E-state index contributed by atoms with van der Waals surface area (Å²) in [6.45, 7) is 0. The molecule has 0 spiro atoms. The summed E-state index contributed by atoms with van der Waals surface area (Å²) >= 11 is 0. The molecule has 0 fully saturated rings. The lowest BCUT2D eigenvalue weighted by Gasteiger charge is -2.05. The molecule has 0 amide bonds. The summed E-state index contributed by atoms with van der Waals surface area (Å²) in [5.41, 5.74) is 10.3. The van der Waals surface area contributed by atoms with Gasteiger partial charge in [-0.25, -0.2) is 0 Å². The molecular formula is C24H18N+. The third kappa shape index (κ3) is 2.46. The zero-order chi connectivity index (χ0) is 16.6. The van der Waals surface area contributed by atoms with Crippen LogP contribution in [0.25, 0.3) is 33.4 Å². The lowest BCUT2D eigenvalue weighted by Crippen LogP contribution is -2.69. The summed E-state index contributed by atoms with van der Waals surface area (Å²) in [6.07, 6.45) is 0. The van der Waals surface area contributed by atoms with Gasteiger partial charge in [0.2, 0.25) is 0 Å². The van der Waals surface area contributed by atoms with E-state index in [1.165, 1.54) is 44.8 Å². The Labute approximate surface area is 147 Å². The molecule has 0 atom stereocenters. The van der Waals surface area contributed by atoms with Crippen molar-refractivity contribution in [3.63, 3.8) is 0 Å². The van der Waals surface area contributed by atoms with Crippen LogP contribution >= 0.6 is 0 Å². The van der Waals surface area contributed by atoms with Crippen molar-refractivity contribution in [3.8, 4) is 33.4 Å². The van der Waals surface area contributed by atoms with Crippen LogP contribution in [-0.2, 0) is 0 Å². The maximum absolute atomic E-state index is 2.32. The van der Waals surface area contributed by atoms with E-state index in [0.717, 1.165) is 0 Å². The van der Waals surface area contributed by atoms with E-state index >= 15 is 0 Å². The molecule has 0 saturated carbocycles. The van der Waals surface area contributed by atoms with E-state index < -0.39 is 0 Å². The Morgan fingerprint density at radius 1 is 0.400 bits per heavy atom. The number of quaternary nitrogens is 1. The first-order valence-electron chi connectivity index (χ1n) is 8.62. The molecule has 25 heavy (non-hydrogen) atoms. The van der Waals surface area contributed by atoms with Crippen molar-refractivity contribution in [1.29, 1.82) is 0 Å². The first kappa shape index (κ1) is 14.2. The van der Waals surface area contributed by atoms with Crippen LogP contribution in [0.3, 0.4) is 0 Å². The lowest BCUT2D eigenvalue weighted by molar-refractivity contribution is -0.473. The van der Waals surface area contributed by atoms with E-state index in [2.05, 4.69) is 102 Å². The second-order valence-corrected chi connectivity index (χ2v) is 6.48. The van der Waals surface area contributed by atoms with Crippen molar-refractivity contribution >= 4 is 11.4 Å². The zero-order valence-corrected chi connectivity index (χ0v) is 13.8. The molecule has 5 rings (SSSR count). The van der Waals surface area contributed by atoms with E-state index in [-0.39, 0.29) is 0 Å². The van der Waals surface area contributed by atoms with E-state index in [0.29, 0.717) is 0 Å². The molecule has 0 bridgehead atoms. The maximum atomic E-state index is 2.32. The van der Waals surface area contributed by atoms with Gasteiger partial charge in [0, 0.05) is 23.3 Å². The van der Waals surface area contributed by atoms with Crippen molar-refractivity contribution in [2.75, 3.05) is 0 Å². The second-order valence-electron chi connectivity index (χ2n) is 6.48. The fraction of sp³-hybridized carbons (Fsp3) is 0. The molecule has 1 nitrogen and oxygen atoms in total. The maximum Gasteiger partial charge on any atom is 0.142 e. The Hall–Kier alpha value is -3.16. The summed E-state index contributed by atoms with van der Waals surface area (Å²) in [4.78, 5) is 0. The molecular weight excluding hydrogens is 302 g/mol. The van der Waals surface area contributed by atoms with Gasteiger partial charge in [-0.3, -0.25) is 5.32 Å². The lowest BCUT2D eigenvalue weighted by atomic mass is 9.96. The van der Waals surface area contributed by atoms with E-state index in [9.17, 15) is 0 Å². The predicted molar refractivity (Wildman–Crippen MR) is 104 cm³/mol. The van der Waals surface area contributed by atoms with E-state index in [1.54, 1.807) is 0 Å². The second kappa shape index (κ2) is 5.73. The molecule has 4 aromatic carbocycles. The van der Waals surface area contributed by atoms with Gasteiger partial charge in [0.15, 0.2) is 0 Å². The minimum atomic E-state index is 1.26. The number of rotatable bonds is 2. The Balaban J connectivity index is 1.63. The Bertz CT molecular complexity index is 963.